The van der Waals surface area contributed by atoms with Crippen molar-refractivity contribution in [2.24, 2.45) is 10.9 Å². The van der Waals surface area contributed by atoms with Gasteiger partial charge in [-0.3, -0.25) is 4.99 Å². The predicted octanol–water partition coefficient (Wildman–Crippen LogP) is 2.36. The average molecular weight is 363 g/mol. The number of hydrogen-bond donors (Lipinski definition) is 2. The lowest BCUT2D eigenvalue weighted by atomic mass is 9.94. The third-order valence-corrected chi connectivity index (χ3v) is 4.71. The normalized spacial score (nSPS) is 16.3. The standard InChI is InChI=1S/C20H34N4O2/c1-4-21-20(22-12-9-17-10-14-24(2)15-11-17)23-13-16-26-19-7-5-18(25-3)6-8-19/h5-8,17H,4,9-16H2,1-3H3,(H2,21,22,23). The van der Waals surface area contributed by atoms with E-state index in [9.17, 15) is 0 Å². The summed E-state index contributed by atoms with van der Waals surface area (Å²) in [5, 5.41) is 6.64. The summed E-state index contributed by atoms with van der Waals surface area (Å²) in [6, 6.07) is 7.63. The molecule has 0 spiro atoms. The van der Waals surface area contributed by atoms with Crippen LogP contribution < -0.4 is 20.1 Å². The van der Waals surface area contributed by atoms with E-state index >= 15 is 0 Å². The molecule has 0 unspecified atom stereocenters. The summed E-state index contributed by atoms with van der Waals surface area (Å²) in [7, 11) is 3.86. The number of methoxy groups -OCH3 is 1. The first kappa shape index (κ1) is 20.4. The molecule has 0 radical (unpaired) electrons. The maximum Gasteiger partial charge on any atom is 0.191 e. The Labute approximate surface area is 158 Å². The van der Waals surface area contributed by atoms with Crippen molar-refractivity contribution < 1.29 is 9.47 Å². The van der Waals surface area contributed by atoms with Gasteiger partial charge in [-0.15, -0.1) is 0 Å². The zero-order chi connectivity index (χ0) is 18.6. The molecular formula is C20H34N4O2. The monoisotopic (exact) mass is 362 g/mol. The van der Waals surface area contributed by atoms with Crippen LogP contribution in [0.5, 0.6) is 11.5 Å². The van der Waals surface area contributed by atoms with Crippen LogP contribution in [0, 0.1) is 5.92 Å². The molecule has 0 atom stereocenters. The van der Waals surface area contributed by atoms with Gasteiger partial charge in [-0.25, -0.2) is 0 Å². The number of guanidine groups is 1. The molecule has 0 bridgehead atoms. The van der Waals surface area contributed by atoms with Gasteiger partial charge in [0.2, 0.25) is 0 Å². The number of nitrogens with one attached hydrogen (secondary N) is 2. The third-order valence-electron chi connectivity index (χ3n) is 4.71. The quantitative estimate of drug-likeness (QED) is 0.401. The first-order chi connectivity index (χ1) is 12.7. The summed E-state index contributed by atoms with van der Waals surface area (Å²) in [6.45, 7) is 7.56. The molecule has 26 heavy (non-hydrogen) atoms. The van der Waals surface area contributed by atoms with Crippen LogP contribution in [0.15, 0.2) is 29.3 Å². The molecule has 1 aliphatic heterocycles. The Bertz CT molecular complexity index is 525. The molecule has 1 heterocycles. The van der Waals surface area contributed by atoms with E-state index in [4.69, 9.17) is 14.5 Å². The molecule has 1 aromatic carbocycles. The Morgan fingerprint density at radius 3 is 2.50 bits per heavy atom. The van der Waals surface area contributed by atoms with Crippen LogP contribution in [0.25, 0.3) is 0 Å². The number of aliphatic imine (C=N–C) groups is 1. The third kappa shape index (κ3) is 7.52. The van der Waals surface area contributed by atoms with Gasteiger partial charge in [0.1, 0.15) is 18.1 Å². The number of ether oxygens (including phenoxy) is 2. The Hall–Kier alpha value is -1.95. The van der Waals surface area contributed by atoms with Crippen LogP contribution >= 0.6 is 0 Å². The van der Waals surface area contributed by atoms with E-state index < -0.39 is 0 Å². The van der Waals surface area contributed by atoms with Gasteiger partial charge in [0.25, 0.3) is 0 Å². The van der Waals surface area contributed by atoms with E-state index in [0.29, 0.717) is 13.2 Å². The smallest absolute Gasteiger partial charge is 0.191 e. The second kappa shape index (κ2) is 11.6. The highest BCUT2D eigenvalue weighted by Crippen LogP contribution is 2.19. The molecule has 0 aromatic heterocycles. The Morgan fingerprint density at radius 2 is 1.85 bits per heavy atom. The van der Waals surface area contributed by atoms with Crippen molar-refractivity contribution >= 4 is 5.96 Å². The van der Waals surface area contributed by atoms with E-state index in [1.165, 1.54) is 32.4 Å². The van der Waals surface area contributed by atoms with E-state index in [1.807, 2.05) is 24.3 Å². The highest BCUT2D eigenvalue weighted by Gasteiger charge is 2.15. The molecule has 146 valence electrons. The maximum absolute atomic E-state index is 5.74. The minimum absolute atomic E-state index is 0.589. The lowest BCUT2D eigenvalue weighted by Gasteiger charge is -2.28. The van der Waals surface area contributed by atoms with E-state index in [1.54, 1.807) is 7.11 Å². The predicted molar refractivity (Wildman–Crippen MR) is 107 cm³/mol. The lowest BCUT2D eigenvalue weighted by molar-refractivity contribution is 0.214. The molecule has 6 nitrogen and oxygen atoms in total. The van der Waals surface area contributed by atoms with Crippen LogP contribution in [-0.2, 0) is 0 Å². The number of rotatable bonds is 9. The highest BCUT2D eigenvalue weighted by atomic mass is 16.5. The van der Waals surface area contributed by atoms with Crippen LogP contribution in [0.3, 0.4) is 0 Å². The Balaban J connectivity index is 1.66. The number of nitrogens with zero attached hydrogens (tertiary/aromatic N) is 2. The lowest BCUT2D eigenvalue weighted by Crippen LogP contribution is -2.39. The van der Waals surface area contributed by atoms with Crippen molar-refractivity contribution in [1.82, 2.24) is 15.5 Å². The highest BCUT2D eigenvalue weighted by molar-refractivity contribution is 5.79. The fourth-order valence-electron chi connectivity index (χ4n) is 3.06. The van der Waals surface area contributed by atoms with Crippen LogP contribution in [-0.4, -0.2) is 64.3 Å². The van der Waals surface area contributed by atoms with Gasteiger partial charge in [0.05, 0.1) is 13.7 Å². The minimum Gasteiger partial charge on any atom is -0.497 e. The van der Waals surface area contributed by atoms with Crippen molar-refractivity contribution in [3.63, 3.8) is 0 Å². The van der Waals surface area contributed by atoms with Gasteiger partial charge in [0, 0.05) is 13.1 Å². The fourth-order valence-corrected chi connectivity index (χ4v) is 3.06. The number of benzene rings is 1. The van der Waals surface area contributed by atoms with Gasteiger partial charge >= 0.3 is 0 Å². The van der Waals surface area contributed by atoms with Gasteiger partial charge in [0.15, 0.2) is 5.96 Å². The SMILES string of the molecule is CCNC(=NCCC1CCN(C)CC1)NCCOc1ccc(OC)cc1. The summed E-state index contributed by atoms with van der Waals surface area (Å²) < 4.78 is 10.9. The largest absolute Gasteiger partial charge is 0.497 e. The van der Waals surface area contributed by atoms with Gasteiger partial charge in [-0.05, 0) is 76.5 Å². The molecule has 1 saturated heterocycles. The van der Waals surface area contributed by atoms with Crippen LogP contribution in [0.1, 0.15) is 26.2 Å². The van der Waals surface area contributed by atoms with Crippen LogP contribution in [0.2, 0.25) is 0 Å². The number of hydrogen-bond acceptors (Lipinski definition) is 4. The summed E-state index contributed by atoms with van der Waals surface area (Å²) in [5.74, 6) is 3.37. The molecule has 6 heteroatoms. The van der Waals surface area contributed by atoms with E-state index in [2.05, 4.69) is 29.5 Å². The second-order valence-electron chi connectivity index (χ2n) is 6.75. The fraction of sp³-hybridized carbons (Fsp3) is 0.650. The molecule has 2 N–H and O–H groups in total. The first-order valence-corrected chi connectivity index (χ1v) is 9.69. The summed E-state index contributed by atoms with van der Waals surface area (Å²) in [4.78, 5) is 7.11. The van der Waals surface area contributed by atoms with Crippen molar-refractivity contribution in [3.8, 4) is 11.5 Å². The maximum atomic E-state index is 5.74. The minimum atomic E-state index is 0.589. The molecular weight excluding hydrogens is 328 g/mol. The van der Waals surface area contributed by atoms with Crippen molar-refractivity contribution in [2.75, 3.05) is 53.5 Å². The van der Waals surface area contributed by atoms with Gasteiger partial charge < -0.3 is 25.0 Å². The van der Waals surface area contributed by atoms with E-state index in [-0.39, 0.29) is 0 Å². The van der Waals surface area contributed by atoms with Crippen molar-refractivity contribution in [3.05, 3.63) is 24.3 Å². The molecule has 1 aliphatic rings. The second-order valence-corrected chi connectivity index (χ2v) is 6.75. The average Bonchev–Trinajstić information content (AvgIpc) is 2.67. The topological polar surface area (TPSA) is 58.1 Å². The number of likely N-dealkylation sites (tertiary alicyclic amines) is 1. The molecule has 1 fully saturated rings. The molecule has 0 aliphatic carbocycles. The van der Waals surface area contributed by atoms with Gasteiger partial charge in [-0.2, -0.15) is 0 Å². The van der Waals surface area contributed by atoms with Crippen molar-refractivity contribution in [2.45, 2.75) is 26.2 Å². The molecule has 2 rings (SSSR count). The Morgan fingerprint density at radius 1 is 1.15 bits per heavy atom. The number of piperidine rings is 1. The summed E-state index contributed by atoms with van der Waals surface area (Å²) >= 11 is 0. The molecule has 0 saturated carbocycles. The molecule has 1 aromatic rings. The molecule has 0 amide bonds. The summed E-state index contributed by atoms with van der Waals surface area (Å²) in [6.07, 6.45) is 3.77. The summed E-state index contributed by atoms with van der Waals surface area (Å²) in [5.41, 5.74) is 0. The van der Waals surface area contributed by atoms with Crippen molar-refractivity contribution in [1.29, 1.82) is 0 Å². The van der Waals surface area contributed by atoms with Crippen LogP contribution in [0.4, 0.5) is 0 Å². The first-order valence-electron chi connectivity index (χ1n) is 9.69. The van der Waals surface area contributed by atoms with E-state index in [0.717, 1.165) is 36.5 Å². The van der Waals surface area contributed by atoms with Gasteiger partial charge in [-0.1, -0.05) is 0 Å². The zero-order valence-corrected chi connectivity index (χ0v) is 16.5. The Kier molecular flexibility index (Phi) is 9.10. The zero-order valence-electron chi connectivity index (χ0n) is 16.5.